The quantitative estimate of drug-likeness (QED) is 0.541. The number of pyridine rings is 1. The van der Waals surface area contributed by atoms with Gasteiger partial charge in [-0.2, -0.15) is 13.7 Å². The van der Waals surface area contributed by atoms with Crippen molar-refractivity contribution in [1.29, 1.82) is 5.26 Å². The molecule has 0 aliphatic carbocycles. The zero-order valence-electron chi connectivity index (χ0n) is 7.48. The lowest BCUT2D eigenvalue weighted by Crippen LogP contribution is -2.41. The van der Waals surface area contributed by atoms with Crippen LogP contribution in [0.3, 0.4) is 0 Å². The van der Waals surface area contributed by atoms with Gasteiger partial charge in [0.2, 0.25) is 10.4 Å². The van der Waals surface area contributed by atoms with E-state index in [9.17, 15) is 20.7 Å². The van der Waals surface area contributed by atoms with Crippen LogP contribution >= 0.6 is 0 Å². The Kier molecular flexibility index (Phi) is 3.22. The van der Waals surface area contributed by atoms with Gasteiger partial charge in [0.05, 0.1) is 11.6 Å². The largest absolute Gasteiger partial charge is 0.348 e. The standard InChI is InChI=1S/C6H4FN3O4S2/c7-15(11,12)9-16(13,14)10-3-1-6(5-8)2-4-10/h1-4H. The van der Waals surface area contributed by atoms with Gasteiger partial charge in [0.1, 0.15) is 0 Å². The fourth-order valence-corrected chi connectivity index (χ4v) is 2.43. The van der Waals surface area contributed by atoms with Crippen molar-refractivity contribution in [3.05, 3.63) is 34.2 Å². The van der Waals surface area contributed by atoms with Crippen molar-refractivity contribution < 1.29 is 24.7 Å². The molecule has 0 saturated heterocycles. The summed E-state index contributed by atoms with van der Waals surface area (Å²) in [4.78, 5) is 0. The molecule has 0 aliphatic rings. The van der Waals surface area contributed by atoms with Gasteiger partial charge in [-0.25, -0.2) is 8.42 Å². The van der Waals surface area contributed by atoms with E-state index in [0.717, 1.165) is 24.5 Å². The van der Waals surface area contributed by atoms with E-state index in [4.69, 9.17) is 5.26 Å². The van der Waals surface area contributed by atoms with Gasteiger partial charge in [0, 0.05) is 12.1 Å². The highest BCUT2D eigenvalue weighted by molar-refractivity contribution is 8.07. The molecule has 1 rings (SSSR count). The van der Waals surface area contributed by atoms with E-state index in [1.165, 1.54) is 0 Å². The molecular weight excluding hydrogens is 261 g/mol. The molecule has 0 fully saturated rings. The number of aromatic nitrogens is 1. The van der Waals surface area contributed by atoms with Crippen LogP contribution in [0, 0.1) is 11.3 Å². The summed E-state index contributed by atoms with van der Waals surface area (Å²) in [5, 5.41) is 8.43. The van der Waals surface area contributed by atoms with Crippen LogP contribution in [0.15, 0.2) is 24.5 Å². The molecule has 0 unspecified atom stereocenters. The van der Waals surface area contributed by atoms with Crippen molar-refractivity contribution in [2.75, 3.05) is 0 Å². The summed E-state index contributed by atoms with van der Waals surface area (Å²) in [6.45, 7) is 0. The van der Waals surface area contributed by atoms with Crippen LogP contribution in [0.2, 0.25) is 0 Å². The van der Waals surface area contributed by atoms with E-state index in [1.54, 1.807) is 6.07 Å². The molecule has 0 amide bonds. The predicted octanol–water partition coefficient (Wildman–Crippen LogP) is -0.473. The molecule has 1 aromatic heterocycles. The van der Waals surface area contributed by atoms with Crippen molar-refractivity contribution >= 4 is 20.6 Å². The van der Waals surface area contributed by atoms with Gasteiger partial charge in [-0.15, -0.1) is 7.86 Å². The molecule has 0 atom stereocenters. The molecule has 16 heavy (non-hydrogen) atoms. The minimum atomic E-state index is -5.49. The molecule has 0 aliphatic heterocycles. The number of halogens is 1. The van der Waals surface area contributed by atoms with Gasteiger partial charge >= 0.3 is 10.2 Å². The second kappa shape index (κ2) is 4.12. The van der Waals surface area contributed by atoms with E-state index >= 15 is 0 Å². The number of nitrogens with zero attached hydrogens (tertiary/aromatic N) is 3. The smallest absolute Gasteiger partial charge is 0.311 e. The fraction of sp³-hybridized carbons (Fsp3) is 0. The first kappa shape index (κ1) is 12.5. The van der Waals surface area contributed by atoms with Crippen LogP contribution in [0.1, 0.15) is 5.56 Å². The van der Waals surface area contributed by atoms with E-state index < -0.39 is 20.6 Å². The lowest BCUT2D eigenvalue weighted by molar-refractivity contribution is -0.509. The summed E-state index contributed by atoms with van der Waals surface area (Å²) in [6.07, 6.45) is 1.76. The Morgan fingerprint density at radius 1 is 1.25 bits per heavy atom. The summed E-state index contributed by atoms with van der Waals surface area (Å²) < 4.78 is 56.9. The van der Waals surface area contributed by atoms with Gasteiger partial charge in [0.25, 0.3) is 0 Å². The van der Waals surface area contributed by atoms with Crippen LogP contribution < -0.4 is 3.97 Å². The highest BCUT2D eigenvalue weighted by Crippen LogP contribution is 2.08. The van der Waals surface area contributed by atoms with Crippen LogP contribution in [0.4, 0.5) is 3.89 Å². The molecule has 1 heterocycles. The van der Waals surface area contributed by atoms with Gasteiger partial charge < -0.3 is 4.13 Å². The zero-order valence-corrected chi connectivity index (χ0v) is 9.11. The Bertz CT molecular complexity index is 629. The molecule has 7 nitrogen and oxygen atoms in total. The summed E-state index contributed by atoms with van der Waals surface area (Å²) >= 11 is 0. The molecule has 1 aromatic rings. The maximum atomic E-state index is 12.1. The highest BCUT2D eigenvalue weighted by atomic mass is 32.3. The van der Waals surface area contributed by atoms with Crippen molar-refractivity contribution in [2.24, 2.45) is 0 Å². The van der Waals surface area contributed by atoms with Gasteiger partial charge in [-0.1, -0.05) is 0 Å². The monoisotopic (exact) mass is 265 g/mol. The van der Waals surface area contributed by atoms with Crippen LogP contribution in [0.5, 0.6) is 0 Å². The molecule has 86 valence electrons. The molecular formula is C6H4FN3O4S2. The summed E-state index contributed by atoms with van der Waals surface area (Å²) in [6, 6.07) is 3.94. The average Bonchev–Trinajstić information content (AvgIpc) is 2.14. The maximum absolute atomic E-state index is 12.1. The molecule has 0 bridgehead atoms. The zero-order chi connectivity index (χ0) is 12.4. The normalized spacial score (nSPS) is 12.0. The van der Waals surface area contributed by atoms with Crippen molar-refractivity contribution in [2.45, 2.75) is 0 Å². The molecule has 0 aromatic carbocycles. The minimum Gasteiger partial charge on any atom is -0.348 e. The van der Waals surface area contributed by atoms with Gasteiger partial charge in [-0.05, 0) is 0 Å². The topological polar surface area (TPSA) is 110 Å². The number of rotatable bonds is 3. The van der Waals surface area contributed by atoms with Gasteiger partial charge in [0.15, 0.2) is 12.4 Å². The molecule has 0 radical (unpaired) electrons. The Hall–Kier alpha value is -1.57. The third-order valence-electron chi connectivity index (χ3n) is 1.38. The highest BCUT2D eigenvalue weighted by Gasteiger charge is 2.16. The Morgan fingerprint density at radius 2 is 1.75 bits per heavy atom. The van der Waals surface area contributed by atoms with E-state index in [0.29, 0.717) is 3.97 Å². The van der Waals surface area contributed by atoms with E-state index in [-0.39, 0.29) is 5.56 Å². The van der Waals surface area contributed by atoms with Crippen LogP contribution in [0.25, 0.3) is 4.13 Å². The lowest BCUT2D eigenvalue weighted by Gasteiger charge is -2.08. The predicted molar refractivity (Wildman–Crippen MR) is 49.1 cm³/mol. The first-order chi connectivity index (χ1) is 7.24. The minimum absolute atomic E-state index is 0.162. The third kappa shape index (κ3) is 3.23. The first-order valence-electron chi connectivity index (χ1n) is 3.60. The third-order valence-corrected chi connectivity index (χ3v) is 3.62. The van der Waals surface area contributed by atoms with Crippen molar-refractivity contribution in [3.63, 3.8) is 0 Å². The Balaban J connectivity index is 3.15. The SMILES string of the molecule is N#Cc1cc[n+](S(=O)(=O)[N-]S(=O)(=O)F)cc1. The second-order valence-electron chi connectivity index (χ2n) is 2.49. The van der Waals surface area contributed by atoms with Crippen LogP contribution in [-0.2, 0) is 20.6 Å². The van der Waals surface area contributed by atoms with Crippen molar-refractivity contribution in [3.8, 4) is 6.07 Å². The van der Waals surface area contributed by atoms with E-state index in [2.05, 4.69) is 0 Å². The fourth-order valence-electron chi connectivity index (χ4n) is 0.792. The number of nitriles is 1. The maximum Gasteiger partial charge on any atom is 0.311 e. The van der Waals surface area contributed by atoms with Crippen molar-refractivity contribution in [1.82, 2.24) is 0 Å². The number of hydrogen-bond acceptors (Lipinski definition) is 5. The molecule has 0 N–H and O–H groups in total. The van der Waals surface area contributed by atoms with Gasteiger partial charge in [-0.3, -0.25) is 0 Å². The summed E-state index contributed by atoms with van der Waals surface area (Å²) in [5.74, 6) is 0. The lowest BCUT2D eigenvalue weighted by atomic mass is 10.3. The number of hydrogen-bond donors (Lipinski definition) is 0. The first-order valence-corrected chi connectivity index (χ1v) is 6.34. The molecule has 0 saturated carbocycles. The van der Waals surface area contributed by atoms with E-state index in [1.807, 2.05) is 4.13 Å². The second-order valence-corrected chi connectivity index (χ2v) is 5.23. The molecule has 0 spiro atoms. The summed E-state index contributed by atoms with van der Waals surface area (Å²) in [5.41, 5.74) is 0.162. The average molecular weight is 265 g/mol. The Labute approximate surface area is 91.3 Å². The summed E-state index contributed by atoms with van der Waals surface area (Å²) in [7, 11) is -10.2. The molecule has 10 heteroatoms. The Morgan fingerprint density at radius 3 is 2.12 bits per heavy atom. The van der Waals surface area contributed by atoms with Crippen LogP contribution in [-0.4, -0.2) is 16.8 Å².